The second-order valence-corrected chi connectivity index (χ2v) is 7.16. The van der Waals surface area contributed by atoms with Gasteiger partial charge < -0.3 is 0 Å². The molecular formula is C25H17ClN4. The smallest absolute Gasteiger partial charge is 0.239 e. The summed E-state index contributed by atoms with van der Waals surface area (Å²) in [6.45, 7) is 7.59. The van der Waals surface area contributed by atoms with E-state index in [2.05, 4.69) is 65.6 Å². The zero-order valence-corrected chi connectivity index (χ0v) is 16.8. The molecule has 5 aromatic rings. The summed E-state index contributed by atoms with van der Waals surface area (Å²) in [6, 6.07) is 20.8. The van der Waals surface area contributed by atoms with Crippen LogP contribution in [0.25, 0.3) is 44.1 Å². The quantitative estimate of drug-likeness (QED) is 0.317. The average molecular weight is 409 g/mol. The van der Waals surface area contributed by atoms with Gasteiger partial charge in [0.2, 0.25) is 11.2 Å². The zero-order valence-electron chi connectivity index (χ0n) is 16.1. The molecule has 2 aromatic heterocycles. The lowest BCUT2D eigenvalue weighted by Crippen LogP contribution is -2.06. The second kappa shape index (κ2) is 7.25. The van der Waals surface area contributed by atoms with Gasteiger partial charge in [0.25, 0.3) is 0 Å². The van der Waals surface area contributed by atoms with Crippen molar-refractivity contribution in [3.05, 3.63) is 103 Å². The molecule has 0 fully saturated rings. The van der Waals surface area contributed by atoms with Gasteiger partial charge >= 0.3 is 0 Å². The molecule has 2 heterocycles. The van der Waals surface area contributed by atoms with E-state index < -0.39 is 0 Å². The molecule has 0 unspecified atom stereocenters. The first-order valence-electron chi connectivity index (χ1n) is 9.49. The lowest BCUT2D eigenvalue weighted by Gasteiger charge is -2.09. The van der Waals surface area contributed by atoms with Crippen molar-refractivity contribution < 1.29 is 0 Å². The standard InChI is InChI=1S/C25H17ClN4/c1-3-9-16(4-2)23-27-24(26)29-25(28-23)30-20-13-8-7-12-19(20)22-18-11-6-5-10-17(18)14-15-21(22)30/h3-15H,1-2H2/b16-9+. The van der Waals surface area contributed by atoms with Crippen molar-refractivity contribution in [2.45, 2.75) is 0 Å². The molecule has 0 aliphatic carbocycles. The van der Waals surface area contributed by atoms with Gasteiger partial charge in [0, 0.05) is 16.3 Å². The Balaban J connectivity index is 1.91. The zero-order chi connectivity index (χ0) is 20.7. The molecule has 5 rings (SSSR count). The van der Waals surface area contributed by atoms with Crippen molar-refractivity contribution >= 4 is 49.8 Å². The fraction of sp³-hybridized carbons (Fsp3) is 0. The summed E-state index contributed by atoms with van der Waals surface area (Å²) in [6.07, 6.45) is 5.14. The number of halogens is 1. The van der Waals surface area contributed by atoms with Gasteiger partial charge in [-0.25, -0.2) is 0 Å². The number of rotatable bonds is 4. The van der Waals surface area contributed by atoms with Gasteiger partial charge in [-0.15, -0.1) is 0 Å². The monoisotopic (exact) mass is 408 g/mol. The molecule has 0 aliphatic rings. The van der Waals surface area contributed by atoms with Crippen LogP contribution in [0.4, 0.5) is 0 Å². The van der Waals surface area contributed by atoms with Crippen LogP contribution in [0.15, 0.2) is 92.0 Å². The number of hydrogen-bond donors (Lipinski definition) is 0. The van der Waals surface area contributed by atoms with Crippen LogP contribution in [-0.2, 0) is 0 Å². The van der Waals surface area contributed by atoms with Gasteiger partial charge in [0.1, 0.15) is 0 Å². The van der Waals surface area contributed by atoms with Gasteiger partial charge in [-0.2, -0.15) is 15.0 Å². The third-order valence-electron chi connectivity index (χ3n) is 5.13. The maximum atomic E-state index is 6.30. The molecule has 3 aromatic carbocycles. The minimum absolute atomic E-state index is 0.124. The summed E-state index contributed by atoms with van der Waals surface area (Å²) in [5.41, 5.74) is 2.74. The van der Waals surface area contributed by atoms with Crippen LogP contribution in [0, 0.1) is 0 Å². The SMILES string of the molecule is C=C/C=C(\C=C)c1nc(Cl)nc(-n2c3ccccc3c3c4ccccc4ccc32)n1. The Morgan fingerprint density at radius 2 is 1.60 bits per heavy atom. The van der Waals surface area contributed by atoms with Crippen LogP contribution >= 0.6 is 11.6 Å². The van der Waals surface area contributed by atoms with Crippen molar-refractivity contribution in [1.82, 2.24) is 19.5 Å². The predicted octanol–water partition coefficient (Wildman–Crippen LogP) is 6.53. The Bertz CT molecular complexity index is 1490. The summed E-state index contributed by atoms with van der Waals surface area (Å²) < 4.78 is 2.03. The minimum atomic E-state index is 0.124. The van der Waals surface area contributed by atoms with E-state index in [9.17, 15) is 0 Å². The molecule has 0 saturated heterocycles. The molecule has 144 valence electrons. The first-order chi connectivity index (χ1) is 14.7. The van der Waals surface area contributed by atoms with E-state index >= 15 is 0 Å². The van der Waals surface area contributed by atoms with E-state index in [4.69, 9.17) is 16.6 Å². The number of nitrogens with zero attached hydrogens (tertiary/aromatic N) is 4. The minimum Gasteiger partial charge on any atom is -0.278 e. The number of hydrogen-bond acceptors (Lipinski definition) is 3. The second-order valence-electron chi connectivity index (χ2n) is 6.82. The number of para-hydroxylation sites is 1. The molecule has 0 saturated carbocycles. The number of allylic oxidation sites excluding steroid dienone is 4. The van der Waals surface area contributed by atoms with E-state index in [0.29, 0.717) is 11.8 Å². The van der Waals surface area contributed by atoms with Crippen LogP contribution in [0.5, 0.6) is 0 Å². The summed E-state index contributed by atoms with van der Waals surface area (Å²) in [5.74, 6) is 0.912. The maximum absolute atomic E-state index is 6.30. The summed E-state index contributed by atoms with van der Waals surface area (Å²) in [7, 11) is 0. The summed E-state index contributed by atoms with van der Waals surface area (Å²) in [5, 5.41) is 4.78. The fourth-order valence-corrected chi connectivity index (χ4v) is 4.04. The van der Waals surface area contributed by atoms with Crippen LogP contribution < -0.4 is 0 Å². The molecule has 5 heteroatoms. The summed E-state index contributed by atoms with van der Waals surface area (Å²) >= 11 is 6.30. The maximum Gasteiger partial charge on any atom is 0.239 e. The van der Waals surface area contributed by atoms with Crippen LogP contribution in [0.1, 0.15) is 5.82 Å². The van der Waals surface area contributed by atoms with Gasteiger partial charge in [0.15, 0.2) is 5.82 Å². The largest absolute Gasteiger partial charge is 0.278 e. The lowest BCUT2D eigenvalue weighted by molar-refractivity contribution is 0.926. The Kier molecular flexibility index (Phi) is 4.42. The molecule has 0 spiro atoms. The Labute approximate surface area is 178 Å². The van der Waals surface area contributed by atoms with Crippen molar-refractivity contribution in [1.29, 1.82) is 0 Å². The molecule has 0 amide bonds. The number of benzene rings is 3. The highest BCUT2D eigenvalue weighted by atomic mass is 35.5. The first kappa shape index (κ1) is 18.3. The topological polar surface area (TPSA) is 43.6 Å². The molecule has 30 heavy (non-hydrogen) atoms. The molecule has 4 nitrogen and oxygen atoms in total. The fourth-order valence-electron chi connectivity index (χ4n) is 3.88. The van der Waals surface area contributed by atoms with Crippen molar-refractivity contribution in [2.24, 2.45) is 0 Å². The highest BCUT2D eigenvalue weighted by molar-refractivity contribution is 6.28. The third-order valence-corrected chi connectivity index (χ3v) is 5.30. The van der Waals surface area contributed by atoms with E-state index in [1.54, 1.807) is 18.2 Å². The Hall–Kier alpha value is -3.76. The molecule has 0 N–H and O–H groups in total. The number of aromatic nitrogens is 4. The van der Waals surface area contributed by atoms with E-state index in [1.165, 1.54) is 10.8 Å². The van der Waals surface area contributed by atoms with Gasteiger partial charge in [-0.05, 0) is 34.5 Å². The van der Waals surface area contributed by atoms with Crippen molar-refractivity contribution in [3.63, 3.8) is 0 Å². The summed E-state index contributed by atoms with van der Waals surface area (Å²) in [4.78, 5) is 13.5. The highest BCUT2D eigenvalue weighted by Crippen LogP contribution is 2.36. The molecular weight excluding hydrogens is 392 g/mol. The Morgan fingerprint density at radius 1 is 0.833 bits per heavy atom. The predicted molar refractivity (Wildman–Crippen MR) is 125 cm³/mol. The van der Waals surface area contributed by atoms with Crippen molar-refractivity contribution in [3.8, 4) is 5.95 Å². The molecule has 0 radical (unpaired) electrons. The highest BCUT2D eigenvalue weighted by Gasteiger charge is 2.17. The van der Waals surface area contributed by atoms with Crippen LogP contribution in [-0.4, -0.2) is 19.5 Å². The van der Waals surface area contributed by atoms with Crippen molar-refractivity contribution in [2.75, 3.05) is 0 Å². The molecule has 0 bridgehead atoms. The van der Waals surface area contributed by atoms with Gasteiger partial charge in [-0.3, -0.25) is 4.57 Å². The Morgan fingerprint density at radius 3 is 2.40 bits per heavy atom. The normalized spacial score (nSPS) is 12.0. The van der Waals surface area contributed by atoms with E-state index in [0.717, 1.165) is 27.4 Å². The third kappa shape index (κ3) is 2.81. The molecule has 0 aliphatic heterocycles. The lowest BCUT2D eigenvalue weighted by atomic mass is 10.0. The van der Waals surface area contributed by atoms with Gasteiger partial charge in [-0.1, -0.05) is 79.9 Å². The molecule has 0 atom stereocenters. The van der Waals surface area contributed by atoms with Gasteiger partial charge in [0.05, 0.1) is 11.0 Å². The van der Waals surface area contributed by atoms with Crippen LogP contribution in [0.3, 0.4) is 0 Å². The van der Waals surface area contributed by atoms with Crippen LogP contribution in [0.2, 0.25) is 5.28 Å². The van der Waals surface area contributed by atoms with E-state index in [1.807, 2.05) is 22.8 Å². The van der Waals surface area contributed by atoms with E-state index in [-0.39, 0.29) is 5.28 Å². The first-order valence-corrected chi connectivity index (χ1v) is 9.87. The number of fused-ring (bicyclic) bond motifs is 5. The average Bonchev–Trinajstić information content (AvgIpc) is 3.12.